The van der Waals surface area contributed by atoms with Crippen molar-refractivity contribution in [3.63, 3.8) is 0 Å². The molecule has 2 N–H and O–H groups in total. The van der Waals surface area contributed by atoms with E-state index in [0.29, 0.717) is 25.1 Å². The van der Waals surface area contributed by atoms with E-state index in [0.717, 1.165) is 0 Å². The van der Waals surface area contributed by atoms with Crippen LogP contribution in [0.25, 0.3) is 0 Å². The smallest absolute Gasteiger partial charge is 0.237 e. The van der Waals surface area contributed by atoms with Gasteiger partial charge in [0.05, 0.1) is 10.9 Å². The second kappa shape index (κ2) is 4.77. The molecule has 1 fully saturated rings. The molecule has 0 aliphatic carbocycles. The van der Waals surface area contributed by atoms with Crippen LogP contribution in [-0.2, 0) is 10.0 Å². The molecule has 1 aliphatic rings. The van der Waals surface area contributed by atoms with Gasteiger partial charge in [-0.3, -0.25) is 4.72 Å². The van der Waals surface area contributed by atoms with Crippen LogP contribution < -0.4 is 10.0 Å². The van der Waals surface area contributed by atoms with Gasteiger partial charge in [0.25, 0.3) is 0 Å². The van der Waals surface area contributed by atoms with E-state index >= 15 is 0 Å². The lowest BCUT2D eigenvalue weighted by molar-refractivity contribution is 0.496. The van der Waals surface area contributed by atoms with E-state index in [2.05, 4.69) is 5.32 Å². The van der Waals surface area contributed by atoms with Gasteiger partial charge in [-0.25, -0.2) is 21.6 Å². The molecule has 1 aliphatic heterocycles. The van der Waals surface area contributed by atoms with Crippen LogP contribution in [0.1, 0.15) is 6.42 Å². The maximum absolute atomic E-state index is 13.3. The second-order valence-electron chi connectivity index (χ2n) is 4.01. The molecule has 1 aromatic carbocycles. The fourth-order valence-electron chi connectivity index (χ4n) is 1.73. The predicted molar refractivity (Wildman–Crippen MR) is 60.1 cm³/mol. The molecular formula is C10H11F3N2O2S. The first-order chi connectivity index (χ1) is 8.40. The monoisotopic (exact) mass is 280 g/mol. The average Bonchev–Trinajstić information content (AvgIpc) is 2.79. The van der Waals surface area contributed by atoms with Crippen LogP contribution in [0.3, 0.4) is 0 Å². The van der Waals surface area contributed by atoms with Gasteiger partial charge in [0, 0.05) is 18.7 Å². The molecule has 0 saturated carbocycles. The third-order valence-corrected chi connectivity index (χ3v) is 4.50. The van der Waals surface area contributed by atoms with Crippen LogP contribution in [0.4, 0.5) is 18.9 Å². The summed E-state index contributed by atoms with van der Waals surface area (Å²) in [5.74, 6) is -3.82. The first-order valence-corrected chi connectivity index (χ1v) is 6.81. The van der Waals surface area contributed by atoms with Crippen LogP contribution >= 0.6 is 0 Å². The molecule has 0 bridgehead atoms. The quantitative estimate of drug-likeness (QED) is 0.818. The number of hydrogen-bond donors (Lipinski definition) is 2. The fraction of sp³-hybridized carbons (Fsp3) is 0.400. The Bertz CT molecular complexity index is 556. The molecule has 1 aromatic rings. The number of anilines is 1. The van der Waals surface area contributed by atoms with Crippen molar-refractivity contribution in [1.29, 1.82) is 0 Å². The minimum atomic E-state index is -3.81. The Balaban J connectivity index is 2.26. The van der Waals surface area contributed by atoms with Gasteiger partial charge >= 0.3 is 0 Å². The molecular weight excluding hydrogens is 269 g/mol. The van der Waals surface area contributed by atoms with Crippen molar-refractivity contribution in [2.45, 2.75) is 11.7 Å². The second-order valence-corrected chi connectivity index (χ2v) is 5.97. The molecule has 1 atom stereocenters. The lowest BCUT2D eigenvalue weighted by Crippen LogP contribution is -2.30. The summed E-state index contributed by atoms with van der Waals surface area (Å²) in [6.07, 6.45) is 0.390. The van der Waals surface area contributed by atoms with Crippen molar-refractivity contribution < 1.29 is 21.6 Å². The lowest BCUT2D eigenvalue weighted by atomic mass is 10.3. The minimum Gasteiger partial charge on any atom is -0.315 e. The summed E-state index contributed by atoms with van der Waals surface area (Å²) in [7, 11) is -3.81. The highest BCUT2D eigenvalue weighted by atomic mass is 32.2. The Hall–Kier alpha value is -1.28. The molecule has 18 heavy (non-hydrogen) atoms. The van der Waals surface area contributed by atoms with Gasteiger partial charge in [-0.05, 0) is 13.0 Å². The Kier molecular flexibility index (Phi) is 3.49. The van der Waals surface area contributed by atoms with Crippen LogP contribution in [0, 0.1) is 17.5 Å². The molecule has 1 unspecified atom stereocenters. The maximum Gasteiger partial charge on any atom is 0.237 e. The number of nitrogens with one attached hydrogen (secondary N) is 2. The summed E-state index contributed by atoms with van der Waals surface area (Å²) in [4.78, 5) is 0. The summed E-state index contributed by atoms with van der Waals surface area (Å²) in [6, 6.07) is 0.796. The number of benzene rings is 1. The Morgan fingerprint density at radius 1 is 1.17 bits per heavy atom. The van der Waals surface area contributed by atoms with E-state index < -0.39 is 38.4 Å². The van der Waals surface area contributed by atoms with Gasteiger partial charge in [0.1, 0.15) is 5.82 Å². The highest BCUT2D eigenvalue weighted by molar-refractivity contribution is 7.93. The predicted octanol–water partition coefficient (Wildman–Crippen LogP) is 1.21. The fourth-order valence-corrected chi connectivity index (χ4v) is 3.13. The van der Waals surface area contributed by atoms with Crippen LogP contribution in [0.2, 0.25) is 0 Å². The van der Waals surface area contributed by atoms with Crippen molar-refractivity contribution in [3.8, 4) is 0 Å². The van der Waals surface area contributed by atoms with Gasteiger partial charge in [-0.1, -0.05) is 0 Å². The topological polar surface area (TPSA) is 58.2 Å². The molecule has 4 nitrogen and oxygen atoms in total. The zero-order chi connectivity index (χ0) is 13.3. The molecule has 1 heterocycles. The molecule has 1 saturated heterocycles. The van der Waals surface area contributed by atoms with E-state index in [1.54, 1.807) is 0 Å². The van der Waals surface area contributed by atoms with Gasteiger partial charge in [0.2, 0.25) is 10.0 Å². The third kappa shape index (κ3) is 2.59. The molecule has 0 amide bonds. The summed E-state index contributed by atoms with van der Waals surface area (Å²) in [5, 5.41) is 2.15. The molecule has 0 radical (unpaired) electrons. The van der Waals surface area contributed by atoms with E-state index in [9.17, 15) is 21.6 Å². The molecule has 8 heteroatoms. The Morgan fingerprint density at radius 3 is 2.44 bits per heavy atom. The lowest BCUT2D eigenvalue weighted by Gasteiger charge is -2.13. The summed E-state index contributed by atoms with van der Waals surface area (Å²) < 4.78 is 64.5. The van der Waals surface area contributed by atoms with Gasteiger partial charge < -0.3 is 5.32 Å². The number of halogens is 3. The Labute approximate surface area is 102 Å². The molecule has 0 aromatic heterocycles. The van der Waals surface area contributed by atoms with E-state index in [1.807, 2.05) is 4.72 Å². The molecule has 0 spiro atoms. The average molecular weight is 280 g/mol. The van der Waals surface area contributed by atoms with Crippen LogP contribution in [-0.4, -0.2) is 26.8 Å². The van der Waals surface area contributed by atoms with Gasteiger partial charge in [-0.15, -0.1) is 0 Å². The van der Waals surface area contributed by atoms with E-state index in [1.165, 1.54) is 0 Å². The maximum atomic E-state index is 13.3. The van der Waals surface area contributed by atoms with Crippen molar-refractivity contribution in [2.75, 3.05) is 17.8 Å². The highest BCUT2D eigenvalue weighted by Crippen LogP contribution is 2.21. The first kappa shape index (κ1) is 13.2. The van der Waals surface area contributed by atoms with Gasteiger partial charge in [0.15, 0.2) is 11.6 Å². The van der Waals surface area contributed by atoms with Crippen molar-refractivity contribution in [3.05, 3.63) is 29.6 Å². The van der Waals surface area contributed by atoms with Crippen molar-refractivity contribution in [1.82, 2.24) is 5.32 Å². The largest absolute Gasteiger partial charge is 0.315 e. The summed E-state index contributed by atoms with van der Waals surface area (Å²) in [5.41, 5.74) is -0.583. The third-order valence-electron chi connectivity index (χ3n) is 2.72. The van der Waals surface area contributed by atoms with E-state index in [-0.39, 0.29) is 6.54 Å². The SMILES string of the molecule is O=S(=O)(Nc1cc(F)c(F)cc1F)C1CCNC1. The Morgan fingerprint density at radius 2 is 1.83 bits per heavy atom. The van der Waals surface area contributed by atoms with Crippen molar-refractivity contribution >= 4 is 15.7 Å². The zero-order valence-electron chi connectivity index (χ0n) is 9.21. The van der Waals surface area contributed by atoms with Crippen LogP contribution in [0.5, 0.6) is 0 Å². The first-order valence-electron chi connectivity index (χ1n) is 5.27. The zero-order valence-corrected chi connectivity index (χ0v) is 10.0. The number of hydrogen-bond acceptors (Lipinski definition) is 3. The minimum absolute atomic E-state index is 0.251. The number of rotatable bonds is 3. The molecule has 2 rings (SSSR count). The van der Waals surface area contributed by atoms with Gasteiger partial charge in [-0.2, -0.15) is 0 Å². The molecule has 100 valence electrons. The van der Waals surface area contributed by atoms with E-state index in [4.69, 9.17) is 0 Å². The highest BCUT2D eigenvalue weighted by Gasteiger charge is 2.29. The summed E-state index contributed by atoms with van der Waals surface area (Å²) in [6.45, 7) is 0.798. The number of sulfonamides is 1. The normalized spacial score (nSPS) is 20.1. The summed E-state index contributed by atoms with van der Waals surface area (Å²) >= 11 is 0. The standard InChI is InChI=1S/C10H11F3N2O2S/c11-7-3-9(13)10(4-8(7)12)15-18(16,17)6-1-2-14-5-6/h3-4,6,14-15H,1-2,5H2. The van der Waals surface area contributed by atoms with Crippen molar-refractivity contribution in [2.24, 2.45) is 0 Å². The van der Waals surface area contributed by atoms with Crippen LogP contribution in [0.15, 0.2) is 12.1 Å².